The molecule has 3 rings (SSSR count). The number of carboxylic acid groups (broad SMARTS) is 1. The summed E-state index contributed by atoms with van der Waals surface area (Å²) in [6.07, 6.45) is 1.44. The standard InChI is InChI=1S/C15H9ClIN3O3S/c16-9-3-1-8(2-4-9)13-18-15(20-19-13)24-11(14(21)22)7-10-5-6-12(17)23-10/h1-7H,(H,21,22)(H,18,19,20)/b11-7-. The van der Waals surface area contributed by atoms with Gasteiger partial charge in [-0.2, -0.15) is 0 Å². The van der Waals surface area contributed by atoms with Gasteiger partial charge in [0.1, 0.15) is 10.7 Å². The molecule has 0 fully saturated rings. The van der Waals surface area contributed by atoms with E-state index in [0.29, 0.717) is 25.5 Å². The van der Waals surface area contributed by atoms with Crippen LogP contribution in [0.3, 0.4) is 0 Å². The SMILES string of the molecule is O=C(O)/C(=C/c1ccc(I)o1)Sc1n[nH]c(-c2ccc(Cl)cc2)n1. The van der Waals surface area contributed by atoms with E-state index < -0.39 is 5.97 Å². The van der Waals surface area contributed by atoms with Crippen LogP contribution in [0.5, 0.6) is 0 Å². The monoisotopic (exact) mass is 473 g/mol. The van der Waals surface area contributed by atoms with Gasteiger partial charge in [-0.25, -0.2) is 9.78 Å². The molecule has 0 unspecified atom stereocenters. The predicted octanol–water partition coefficient (Wildman–Crippen LogP) is 4.54. The highest BCUT2D eigenvalue weighted by molar-refractivity contribution is 14.1. The highest BCUT2D eigenvalue weighted by atomic mass is 127. The quantitative estimate of drug-likeness (QED) is 0.321. The van der Waals surface area contributed by atoms with Gasteiger partial charge < -0.3 is 9.52 Å². The summed E-state index contributed by atoms with van der Waals surface area (Å²) in [6.45, 7) is 0. The minimum atomic E-state index is -1.08. The number of aromatic amines is 1. The fourth-order valence-corrected chi connectivity index (χ4v) is 3.04. The lowest BCUT2D eigenvalue weighted by Gasteiger charge is -1.97. The maximum atomic E-state index is 11.4. The van der Waals surface area contributed by atoms with Crippen molar-refractivity contribution >= 4 is 58.0 Å². The fourth-order valence-electron chi connectivity index (χ4n) is 1.80. The molecule has 0 aliphatic heterocycles. The molecule has 0 saturated heterocycles. The molecule has 2 aromatic heterocycles. The first-order valence-corrected chi connectivity index (χ1v) is 8.85. The van der Waals surface area contributed by atoms with E-state index in [9.17, 15) is 9.90 Å². The number of aromatic nitrogens is 3. The van der Waals surface area contributed by atoms with Gasteiger partial charge >= 0.3 is 5.97 Å². The molecule has 0 saturated carbocycles. The summed E-state index contributed by atoms with van der Waals surface area (Å²) >= 11 is 8.80. The van der Waals surface area contributed by atoms with Crippen molar-refractivity contribution in [1.29, 1.82) is 0 Å². The highest BCUT2D eigenvalue weighted by Crippen LogP contribution is 2.28. The molecule has 0 spiro atoms. The zero-order valence-corrected chi connectivity index (χ0v) is 15.6. The van der Waals surface area contributed by atoms with Gasteiger partial charge in [-0.15, -0.1) is 5.10 Å². The molecule has 24 heavy (non-hydrogen) atoms. The van der Waals surface area contributed by atoms with Gasteiger partial charge in [-0.1, -0.05) is 11.6 Å². The van der Waals surface area contributed by atoms with E-state index in [1.165, 1.54) is 6.08 Å². The number of carboxylic acids is 1. The largest absolute Gasteiger partial charge is 0.477 e. The van der Waals surface area contributed by atoms with Crippen LogP contribution in [-0.4, -0.2) is 26.3 Å². The summed E-state index contributed by atoms with van der Waals surface area (Å²) in [5.41, 5.74) is 0.806. The number of H-pyrrole nitrogens is 1. The third-order valence-electron chi connectivity index (χ3n) is 2.86. The zero-order valence-electron chi connectivity index (χ0n) is 11.9. The molecule has 1 aromatic carbocycles. The number of furan rings is 1. The summed E-state index contributed by atoms with van der Waals surface area (Å²) < 4.78 is 6.04. The molecule has 0 aliphatic carbocycles. The van der Waals surface area contributed by atoms with Gasteiger partial charge in [0.2, 0.25) is 5.16 Å². The van der Waals surface area contributed by atoms with Crippen LogP contribution in [0, 0.1) is 3.77 Å². The lowest BCUT2D eigenvalue weighted by Crippen LogP contribution is -1.97. The second-order valence-corrected chi connectivity index (χ2v) is 7.04. The van der Waals surface area contributed by atoms with E-state index in [0.717, 1.165) is 17.3 Å². The molecule has 6 nitrogen and oxygen atoms in total. The Balaban J connectivity index is 1.82. The summed E-state index contributed by atoms with van der Waals surface area (Å²) in [4.78, 5) is 15.8. The van der Waals surface area contributed by atoms with Crippen molar-refractivity contribution in [2.75, 3.05) is 0 Å². The van der Waals surface area contributed by atoms with Gasteiger partial charge in [0, 0.05) is 16.7 Å². The van der Waals surface area contributed by atoms with E-state index >= 15 is 0 Å². The van der Waals surface area contributed by atoms with Crippen molar-refractivity contribution in [3.05, 3.63) is 55.9 Å². The van der Waals surface area contributed by atoms with Gasteiger partial charge in [-0.3, -0.25) is 5.10 Å². The summed E-state index contributed by atoms with van der Waals surface area (Å²) in [7, 11) is 0. The van der Waals surface area contributed by atoms with Crippen LogP contribution in [0.2, 0.25) is 5.02 Å². The molecule has 0 atom stereocenters. The Morgan fingerprint density at radius 3 is 2.67 bits per heavy atom. The zero-order chi connectivity index (χ0) is 17.1. The van der Waals surface area contributed by atoms with Crippen molar-refractivity contribution < 1.29 is 14.3 Å². The molecule has 0 radical (unpaired) electrons. The van der Waals surface area contributed by atoms with Gasteiger partial charge in [0.05, 0.1) is 0 Å². The number of hydrogen-bond acceptors (Lipinski definition) is 5. The molecule has 0 aliphatic rings. The number of hydrogen-bond donors (Lipinski definition) is 2. The maximum absolute atomic E-state index is 11.4. The van der Waals surface area contributed by atoms with Crippen molar-refractivity contribution in [2.45, 2.75) is 5.16 Å². The Morgan fingerprint density at radius 1 is 1.29 bits per heavy atom. The second-order valence-electron chi connectivity index (χ2n) is 4.53. The highest BCUT2D eigenvalue weighted by Gasteiger charge is 2.15. The summed E-state index contributed by atoms with van der Waals surface area (Å²) in [5, 5.41) is 17.1. The Bertz CT molecular complexity index is 905. The van der Waals surface area contributed by atoms with Crippen LogP contribution in [0.1, 0.15) is 5.76 Å². The number of aliphatic carboxylic acids is 1. The third kappa shape index (κ3) is 4.19. The predicted molar refractivity (Wildman–Crippen MR) is 99.7 cm³/mol. The van der Waals surface area contributed by atoms with E-state index in [1.54, 1.807) is 36.4 Å². The number of halogens is 2. The average Bonchev–Trinajstić information content (AvgIpc) is 3.17. The number of rotatable bonds is 5. The Hall–Kier alpha value is -1.78. The molecular weight excluding hydrogens is 465 g/mol. The molecule has 9 heteroatoms. The summed E-state index contributed by atoms with van der Waals surface area (Å²) in [5.74, 6) is -0.0894. The van der Waals surface area contributed by atoms with Gasteiger partial charge in [0.15, 0.2) is 9.59 Å². The molecular formula is C15H9ClIN3O3S. The van der Waals surface area contributed by atoms with E-state index in [-0.39, 0.29) is 4.91 Å². The summed E-state index contributed by atoms with van der Waals surface area (Å²) in [6, 6.07) is 10.5. The maximum Gasteiger partial charge on any atom is 0.342 e. The van der Waals surface area contributed by atoms with E-state index in [2.05, 4.69) is 15.2 Å². The van der Waals surface area contributed by atoms with Crippen LogP contribution >= 0.6 is 46.0 Å². The van der Waals surface area contributed by atoms with Gasteiger partial charge in [0.25, 0.3) is 0 Å². The molecule has 2 N–H and O–H groups in total. The minimum Gasteiger partial charge on any atom is -0.477 e. The van der Waals surface area contributed by atoms with Crippen molar-refractivity contribution in [3.8, 4) is 11.4 Å². The van der Waals surface area contributed by atoms with Crippen molar-refractivity contribution in [3.63, 3.8) is 0 Å². The molecule has 2 heterocycles. The van der Waals surface area contributed by atoms with Crippen LogP contribution < -0.4 is 0 Å². The number of benzene rings is 1. The fraction of sp³-hybridized carbons (Fsp3) is 0. The van der Waals surface area contributed by atoms with Gasteiger partial charge in [-0.05, 0) is 70.8 Å². The van der Waals surface area contributed by atoms with Crippen LogP contribution in [0.25, 0.3) is 17.5 Å². The first-order chi connectivity index (χ1) is 11.5. The normalized spacial score (nSPS) is 11.7. The van der Waals surface area contributed by atoms with Crippen LogP contribution in [0.4, 0.5) is 0 Å². The first-order valence-electron chi connectivity index (χ1n) is 6.58. The Morgan fingerprint density at radius 2 is 2.04 bits per heavy atom. The lowest BCUT2D eigenvalue weighted by atomic mass is 10.2. The lowest BCUT2D eigenvalue weighted by molar-refractivity contribution is -0.131. The number of nitrogens with zero attached hydrogens (tertiary/aromatic N) is 2. The number of nitrogens with one attached hydrogen (secondary N) is 1. The smallest absolute Gasteiger partial charge is 0.342 e. The second kappa shape index (κ2) is 7.41. The van der Waals surface area contributed by atoms with Crippen molar-refractivity contribution in [2.24, 2.45) is 0 Å². The topological polar surface area (TPSA) is 92.0 Å². The number of thioether (sulfide) groups is 1. The Labute approximate surface area is 159 Å². The number of carbonyl (C=O) groups is 1. The third-order valence-corrected chi connectivity index (χ3v) is 4.57. The first kappa shape index (κ1) is 17.1. The van der Waals surface area contributed by atoms with Crippen LogP contribution in [0.15, 0.2) is 50.9 Å². The molecule has 0 amide bonds. The minimum absolute atomic E-state index is 0.0578. The van der Waals surface area contributed by atoms with E-state index in [4.69, 9.17) is 16.0 Å². The van der Waals surface area contributed by atoms with E-state index in [1.807, 2.05) is 22.6 Å². The van der Waals surface area contributed by atoms with Crippen LogP contribution in [-0.2, 0) is 4.79 Å². The van der Waals surface area contributed by atoms with Crippen molar-refractivity contribution in [1.82, 2.24) is 15.2 Å². The molecule has 3 aromatic rings. The Kier molecular flexibility index (Phi) is 5.27. The average molecular weight is 474 g/mol. The molecule has 122 valence electrons. The molecule has 0 bridgehead atoms.